The molecular formula is C12H20INO. The van der Waals surface area contributed by atoms with Crippen molar-refractivity contribution in [3.05, 3.63) is 29.8 Å². The van der Waals surface area contributed by atoms with E-state index in [9.17, 15) is 5.11 Å². The highest BCUT2D eigenvalue weighted by Gasteiger charge is 2.07. The minimum atomic E-state index is 0. The summed E-state index contributed by atoms with van der Waals surface area (Å²) < 4.78 is 0.980. The van der Waals surface area contributed by atoms with Gasteiger partial charge in [-0.15, -0.1) is 0 Å². The van der Waals surface area contributed by atoms with Crippen molar-refractivity contribution in [2.75, 3.05) is 27.7 Å². The first-order valence-electron chi connectivity index (χ1n) is 5.06. The Hall–Kier alpha value is -0.290. The van der Waals surface area contributed by atoms with Crippen LogP contribution in [-0.2, 0) is 6.42 Å². The zero-order valence-corrected chi connectivity index (χ0v) is 11.9. The van der Waals surface area contributed by atoms with E-state index >= 15 is 0 Å². The lowest BCUT2D eigenvalue weighted by Gasteiger charge is -2.23. The Morgan fingerprint density at radius 3 is 2.27 bits per heavy atom. The maximum absolute atomic E-state index is 9.53. The molecule has 15 heavy (non-hydrogen) atoms. The summed E-state index contributed by atoms with van der Waals surface area (Å²) in [6.45, 7) is 1.13. The molecule has 0 aliphatic heterocycles. The van der Waals surface area contributed by atoms with Gasteiger partial charge in [0.15, 0.2) is 0 Å². The fourth-order valence-corrected chi connectivity index (χ4v) is 1.47. The number of halogens is 1. The Labute approximate surface area is 110 Å². The maximum atomic E-state index is 9.53. The molecule has 0 unspecified atom stereocenters. The highest BCUT2D eigenvalue weighted by molar-refractivity contribution is 5.31. The van der Waals surface area contributed by atoms with Gasteiger partial charge in [-0.05, 0) is 18.1 Å². The van der Waals surface area contributed by atoms with Crippen LogP contribution in [0.5, 0.6) is 5.75 Å². The van der Waals surface area contributed by atoms with Crippen LogP contribution < -0.4 is 24.0 Å². The van der Waals surface area contributed by atoms with Gasteiger partial charge in [0.05, 0.1) is 27.7 Å². The topological polar surface area (TPSA) is 20.2 Å². The lowest BCUT2D eigenvalue weighted by atomic mass is 10.1. The normalized spacial score (nSPS) is 10.9. The summed E-state index contributed by atoms with van der Waals surface area (Å²) in [7, 11) is 6.56. The van der Waals surface area contributed by atoms with Crippen molar-refractivity contribution in [1.82, 2.24) is 0 Å². The molecule has 1 aromatic carbocycles. The van der Waals surface area contributed by atoms with Crippen LogP contribution in [0.25, 0.3) is 0 Å². The van der Waals surface area contributed by atoms with Crippen molar-refractivity contribution in [1.29, 1.82) is 0 Å². The first-order valence-corrected chi connectivity index (χ1v) is 5.06. The molecule has 1 N–H and O–H groups in total. The molecule has 0 saturated heterocycles. The fourth-order valence-electron chi connectivity index (χ4n) is 1.47. The van der Waals surface area contributed by atoms with Crippen LogP contribution >= 0.6 is 0 Å². The van der Waals surface area contributed by atoms with Crippen LogP contribution in [0.4, 0.5) is 0 Å². The van der Waals surface area contributed by atoms with E-state index in [0.717, 1.165) is 29.4 Å². The summed E-state index contributed by atoms with van der Waals surface area (Å²) in [4.78, 5) is 0. The summed E-state index contributed by atoms with van der Waals surface area (Å²) in [6, 6.07) is 7.58. The molecule has 0 aromatic heterocycles. The van der Waals surface area contributed by atoms with E-state index in [-0.39, 0.29) is 24.0 Å². The van der Waals surface area contributed by atoms with Crippen LogP contribution in [0.3, 0.4) is 0 Å². The number of rotatable bonds is 4. The Balaban J connectivity index is 0.00000196. The molecular weight excluding hydrogens is 301 g/mol. The van der Waals surface area contributed by atoms with Crippen LogP contribution in [-0.4, -0.2) is 37.3 Å². The van der Waals surface area contributed by atoms with Gasteiger partial charge in [0, 0.05) is 6.42 Å². The van der Waals surface area contributed by atoms with E-state index in [1.54, 1.807) is 6.07 Å². The second kappa shape index (κ2) is 6.33. The lowest BCUT2D eigenvalue weighted by molar-refractivity contribution is -0.870. The average Bonchev–Trinajstić information content (AvgIpc) is 2.06. The molecule has 2 nitrogen and oxygen atoms in total. The lowest BCUT2D eigenvalue weighted by Crippen LogP contribution is -3.00. The summed E-state index contributed by atoms with van der Waals surface area (Å²) >= 11 is 0. The Bertz CT molecular complexity index is 294. The predicted octanol–water partition coefficient (Wildman–Crippen LogP) is -0.965. The standard InChI is InChI=1S/C12H19NO.HI/c1-13(2,3)10-6-8-11-7-4-5-9-12(11)14;/h4-5,7,9H,6,8,10H2,1-3H3;1H. The first-order chi connectivity index (χ1) is 6.49. The Morgan fingerprint density at radius 2 is 1.73 bits per heavy atom. The Morgan fingerprint density at radius 1 is 1.13 bits per heavy atom. The minimum absolute atomic E-state index is 0. The quantitative estimate of drug-likeness (QED) is 0.559. The van der Waals surface area contributed by atoms with Gasteiger partial charge in [0.2, 0.25) is 0 Å². The molecule has 0 aliphatic carbocycles. The highest BCUT2D eigenvalue weighted by atomic mass is 127. The molecule has 0 bridgehead atoms. The smallest absolute Gasteiger partial charge is 0.118 e. The molecule has 0 aliphatic rings. The van der Waals surface area contributed by atoms with Gasteiger partial charge in [-0.2, -0.15) is 0 Å². The monoisotopic (exact) mass is 321 g/mol. The molecule has 0 heterocycles. The number of aryl methyl sites for hydroxylation is 1. The summed E-state index contributed by atoms with van der Waals surface area (Å²) in [5, 5.41) is 9.53. The zero-order chi connectivity index (χ0) is 10.6. The van der Waals surface area contributed by atoms with Gasteiger partial charge in [-0.1, -0.05) is 18.2 Å². The molecule has 0 amide bonds. The molecule has 3 heteroatoms. The number of hydrogen-bond acceptors (Lipinski definition) is 1. The number of hydrogen-bond donors (Lipinski definition) is 1. The van der Waals surface area contributed by atoms with Crippen molar-refractivity contribution < 1.29 is 33.6 Å². The van der Waals surface area contributed by atoms with Crippen molar-refractivity contribution in [3.63, 3.8) is 0 Å². The number of aromatic hydroxyl groups is 1. The van der Waals surface area contributed by atoms with Crippen molar-refractivity contribution in [2.24, 2.45) is 0 Å². The summed E-state index contributed by atoms with van der Waals surface area (Å²) in [6.07, 6.45) is 2.07. The number of phenolic OH excluding ortho intramolecular Hbond substituents is 1. The van der Waals surface area contributed by atoms with E-state index in [2.05, 4.69) is 21.1 Å². The average molecular weight is 321 g/mol. The van der Waals surface area contributed by atoms with E-state index in [0.29, 0.717) is 5.75 Å². The van der Waals surface area contributed by atoms with Gasteiger partial charge >= 0.3 is 0 Å². The summed E-state index contributed by atoms with van der Waals surface area (Å²) in [5.41, 5.74) is 1.06. The van der Waals surface area contributed by atoms with Gasteiger partial charge in [0.1, 0.15) is 5.75 Å². The third kappa shape index (κ3) is 5.99. The molecule has 1 aromatic rings. The third-order valence-electron chi connectivity index (χ3n) is 2.27. The van der Waals surface area contributed by atoms with Crippen LogP contribution in [0, 0.1) is 0 Å². The summed E-state index contributed by atoms with van der Waals surface area (Å²) in [5.74, 6) is 0.425. The van der Waals surface area contributed by atoms with Crippen LogP contribution in [0.1, 0.15) is 12.0 Å². The Kier molecular flexibility index (Phi) is 6.20. The largest absolute Gasteiger partial charge is 1.00 e. The molecule has 86 valence electrons. The molecule has 0 radical (unpaired) electrons. The second-order valence-electron chi connectivity index (χ2n) is 4.75. The van der Waals surface area contributed by atoms with E-state index in [4.69, 9.17) is 0 Å². The molecule has 0 atom stereocenters. The van der Waals surface area contributed by atoms with E-state index in [1.165, 1.54) is 0 Å². The number of phenols is 1. The predicted molar refractivity (Wildman–Crippen MR) is 59.3 cm³/mol. The van der Waals surface area contributed by atoms with Gasteiger partial charge < -0.3 is 33.6 Å². The highest BCUT2D eigenvalue weighted by Crippen LogP contribution is 2.17. The van der Waals surface area contributed by atoms with Crippen molar-refractivity contribution in [2.45, 2.75) is 12.8 Å². The number of para-hydroxylation sites is 1. The van der Waals surface area contributed by atoms with Gasteiger partial charge in [-0.25, -0.2) is 0 Å². The molecule has 0 spiro atoms. The van der Waals surface area contributed by atoms with Gasteiger partial charge in [0.25, 0.3) is 0 Å². The zero-order valence-electron chi connectivity index (χ0n) is 9.70. The molecule has 0 fully saturated rings. The van der Waals surface area contributed by atoms with Crippen molar-refractivity contribution >= 4 is 0 Å². The molecule has 0 saturated carbocycles. The van der Waals surface area contributed by atoms with Crippen LogP contribution in [0.2, 0.25) is 0 Å². The number of benzene rings is 1. The van der Waals surface area contributed by atoms with Crippen molar-refractivity contribution in [3.8, 4) is 5.75 Å². The van der Waals surface area contributed by atoms with E-state index in [1.807, 2.05) is 18.2 Å². The molecule has 1 rings (SSSR count). The third-order valence-corrected chi connectivity index (χ3v) is 2.27. The second-order valence-corrected chi connectivity index (χ2v) is 4.75. The van der Waals surface area contributed by atoms with Gasteiger partial charge in [-0.3, -0.25) is 0 Å². The maximum Gasteiger partial charge on any atom is 0.118 e. The SMILES string of the molecule is C[N+](C)(C)CCCc1ccccc1O.[I-]. The minimum Gasteiger partial charge on any atom is -1.00 e. The first kappa shape index (κ1) is 14.7. The number of nitrogens with zero attached hydrogens (tertiary/aromatic N) is 1. The van der Waals surface area contributed by atoms with E-state index < -0.39 is 0 Å². The fraction of sp³-hybridized carbons (Fsp3) is 0.500. The number of quaternary nitrogens is 1. The van der Waals surface area contributed by atoms with Crippen LogP contribution in [0.15, 0.2) is 24.3 Å².